The summed E-state index contributed by atoms with van der Waals surface area (Å²) in [4.78, 5) is 22.0. The molecule has 4 nitrogen and oxygen atoms in total. The van der Waals surface area contributed by atoms with E-state index in [2.05, 4.69) is 14.9 Å². The Balaban J connectivity index is 1.88. The predicted octanol–water partition coefficient (Wildman–Crippen LogP) is 2.92. The van der Waals surface area contributed by atoms with Crippen molar-refractivity contribution in [3.05, 3.63) is 56.5 Å². The minimum absolute atomic E-state index is 0.0423. The normalized spacial score (nSPS) is 14.7. The van der Waals surface area contributed by atoms with Crippen molar-refractivity contribution in [1.29, 1.82) is 0 Å². The first-order chi connectivity index (χ1) is 10.1. The van der Waals surface area contributed by atoms with E-state index in [0.29, 0.717) is 17.4 Å². The van der Waals surface area contributed by atoms with Gasteiger partial charge in [0.1, 0.15) is 0 Å². The van der Waals surface area contributed by atoms with Gasteiger partial charge in [-0.25, -0.2) is 4.98 Å². The van der Waals surface area contributed by atoms with Crippen LogP contribution >= 0.6 is 11.6 Å². The van der Waals surface area contributed by atoms with Crippen molar-refractivity contribution in [1.82, 2.24) is 9.97 Å². The Labute approximate surface area is 128 Å². The van der Waals surface area contributed by atoms with Crippen molar-refractivity contribution in [2.75, 3.05) is 18.0 Å². The molecule has 1 fully saturated rings. The summed E-state index contributed by atoms with van der Waals surface area (Å²) >= 11 is 5.88. The Morgan fingerprint density at radius 1 is 1.24 bits per heavy atom. The molecule has 0 spiro atoms. The lowest BCUT2D eigenvalue weighted by molar-refractivity contribution is 0.864. The number of halogens is 1. The second-order valence-corrected chi connectivity index (χ2v) is 5.89. The Morgan fingerprint density at radius 3 is 2.52 bits per heavy atom. The molecule has 1 aliphatic heterocycles. The summed E-state index contributed by atoms with van der Waals surface area (Å²) in [7, 11) is 0. The summed E-state index contributed by atoms with van der Waals surface area (Å²) in [5, 5.41) is 0.701. The molecule has 3 rings (SSSR count). The smallest absolute Gasteiger partial charge is 0.256 e. The highest BCUT2D eigenvalue weighted by Crippen LogP contribution is 2.17. The lowest BCUT2D eigenvalue weighted by Crippen LogP contribution is -2.26. The molecule has 1 aliphatic rings. The topological polar surface area (TPSA) is 49.0 Å². The van der Waals surface area contributed by atoms with Gasteiger partial charge in [0.25, 0.3) is 5.56 Å². The summed E-state index contributed by atoms with van der Waals surface area (Å²) in [5.41, 5.74) is 2.54. The van der Waals surface area contributed by atoms with Gasteiger partial charge in [-0.1, -0.05) is 23.7 Å². The summed E-state index contributed by atoms with van der Waals surface area (Å²) in [6, 6.07) is 7.56. The second-order valence-electron chi connectivity index (χ2n) is 5.45. The van der Waals surface area contributed by atoms with E-state index >= 15 is 0 Å². The molecule has 1 saturated heterocycles. The minimum Gasteiger partial charge on any atom is -0.342 e. The third kappa shape index (κ3) is 3.10. The molecule has 0 bridgehead atoms. The number of rotatable bonds is 3. The molecule has 1 aromatic carbocycles. The highest BCUT2D eigenvalue weighted by molar-refractivity contribution is 6.30. The molecule has 2 aromatic rings. The molecule has 1 N–H and O–H groups in total. The lowest BCUT2D eigenvalue weighted by atomic mass is 10.1. The van der Waals surface area contributed by atoms with Gasteiger partial charge in [0.2, 0.25) is 5.95 Å². The van der Waals surface area contributed by atoms with Crippen LogP contribution in [0.3, 0.4) is 0 Å². The molecular formula is C16H18ClN3O. The first kappa shape index (κ1) is 14.1. The van der Waals surface area contributed by atoms with Crippen molar-refractivity contribution >= 4 is 17.5 Å². The SMILES string of the molecule is Cc1nc(N2CCCC2)[nH]c(=O)c1Cc1ccc(Cl)cc1. The largest absolute Gasteiger partial charge is 0.342 e. The number of hydrogen-bond donors (Lipinski definition) is 1. The van der Waals surface area contributed by atoms with Crippen LogP contribution in [0.4, 0.5) is 5.95 Å². The molecule has 5 heteroatoms. The van der Waals surface area contributed by atoms with E-state index < -0.39 is 0 Å². The monoisotopic (exact) mass is 303 g/mol. The molecule has 2 heterocycles. The van der Waals surface area contributed by atoms with Crippen LogP contribution < -0.4 is 10.5 Å². The number of aryl methyl sites for hydroxylation is 1. The third-order valence-corrected chi connectivity index (χ3v) is 4.16. The maximum Gasteiger partial charge on any atom is 0.256 e. The van der Waals surface area contributed by atoms with Crippen LogP contribution in [-0.4, -0.2) is 23.1 Å². The molecule has 0 saturated carbocycles. The van der Waals surface area contributed by atoms with Crippen LogP contribution in [0.5, 0.6) is 0 Å². The number of benzene rings is 1. The van der Waals surface area contributed by atoms with Gasteiger partial charge >= 0.3 is 0 Å². The number of hydrogen-bond acceptors (Lipinski definition) is 3. The van der Waals surface area contributed by atoms with Crippen molar-refractivity contribution < 1.29 is 0 Å². The van der Waals surface area contributed by atoms with Crippen molar-refractivity contribution in [2.45, 2.75) is 26.2 Å². The highest BCUT2D eigenvalue weighted by Gasteiger charge is 2.17. The first-order valence-corrected chi connectivity index (χ1v) is 7.60. The van der Waals surface area contributed by atoms with Crippen molar-refractivity contribution in [3.63, 3.8) is 0 Å². The zero-order chi connectivity index (χ0) is 14.8. The predicted molar refractivity (Wildman–Crippen MR) is 85.3 cm³/mol. The summed E-state index contributed by atoms with van der Waals surface area (Å²) in [6.07, 6.45) is 2.90. The number of aromatic nitrogens is 2. The maximum absolute atomic E-state index is 12.3. The number of aromatic amines is 1. The van der Waals surface area contributed by atoms with Crippen LogP contribution in [0.1, 0.15) is 29.7 Å². The fraction of sp³-hybridized carbons (Fsp3) is 0.375. The van der Waals surface area contributed by atoms with Gasteiger partial charge in [-0.15, -0.1) is 0 Å². The van der Waals surface area contributed by atoms with E-state index in [4.69, 9.17) is 11.6 Å². The zero-order valence-corrected chi connectivity index (χ0v) is 12.8. The maximum atomic E-state index is 12.3. The van der Waals surface area contributed by atoms with E-state index in [1.54, 1.807) is 0 Å². The third-order valence-electron chi connectivity index (χ3n) is 3.91. The van der Waals surface area contributed by atoms with Gasteiger partial charge in [-0.2, -0.15) is 0 Å². The van der Waals surface area contributed by atoms with Gasteiger partial charge in [0, 0.05) is 30.1 Å². The fourth-order valence-corrected chi connectivity index (χ4v) is 2.81. The van der Waals surface area contributed by atoms with Crippen LogP contribution in [0, 0.1) is 6.92 Å². The standard InChI is InChI=1S/C16H18ClN3O/c1-11-14(10-12-4-6-13(17)7-5-12)15(21)19-16(18-11)20-8-2-3-9-20/h4-7H,2-3,8-10H2,1H3,(H,18,19,21). The molecule has 1 aromatic heterocycles. The van der Waals surface area contributed by atoms with Crippen LogP contribution in [0.25, 0.3) is 0 Å². The Kier molecular flexibility index (Phi) is 3.97. The average Bonchev–Trinajstić information content (AvgIpc) is 2.99. The van der Waals surface area contributed by atoms with Crippen molar-refractivity contribution in [3.8, 4) is 0 Å². The zero-order valence-electron chi connectivity index (χ0n) is 12.0. The first-order valence-electron chi connectivity index (χ1n) is 7.22. The van der Waals surface area contributed by atoms with Crippen LogP contribution in [0.2, 0.25) is 5.02 Å². The van der Waals surface area contributed by atoms with E-state index in [1.165, 1.54) is 0 Å². The van der Waals surface area contributed by atoms with Crippen LogP contribution in [-0.2, 0) is 6.42 Å². The molecule has 21 heavy (non-hydrogen) atoms. The number of nitrogens with one attached hydrogen (secondary N) is 1. The van der Waals surface area contributed by atoms with E-state index in [1.807, 2.05) is 31.2 Å². The Morgan fingerprint density at radius 2 is 1.90 bits per heavy atom. The molecule has 0 unspecified atom stereocenters. The fourth-order valence-electron chi connectivity index (χ4n) is 2.69. The molecular weight excluding hydrogens is 286 g/mol. The van der Waals surface area contributed by atoms with Crippen LogP contribution in [0.15, 0.2) is 29.1 Å². The highest BCUT2D eigenvalue weighted by atomic mass is 35.5. The molecule has 0 radical (unpaired) electrons. The van der Waals surface area contributed by atoms with E-state index in [0.717, 1.165) is 42.8 Å². The molecule has 0 aliphatic carbocycles. The second kappa shape index (κ2) is 5.90. The van der Waals surface area contributed by atoms with Gasteiger partial charge in [0.15, 0.2) is 0 Å². The Bertz CT molecular complexity index is 688. The lowest BCUT2D eigenvalue weighted by Gasteiger charge is -2.17. The number of anilines is 1. The molecule has 0 atom stereocenters. The Hall–Kier alpha value is -1.81. The average molecular weight is 304 g/mol. The van der Waals surface area contributed by atoms with Gasteiger partial charge < -0.3 is 4.90 Å². The molecule has 110 valence electrons. The summed E-state index contributed by atoms with van der Waals surface area (Å²) < 4.78 is 0. The van der Waals surface area contributed by atoms with Crippen molar-refractivity contribution in [2.24, 2.45) is 0 Å². The van der Waals surface area contributed by atoms with E-state index in [-0.39, 0.29) is 5.56 Å². The number of H-pyrrole nitrogens is 1. The summed E-state index contributed by atoms with van der Waals surface area (Å²) in [5.74, 6) is 0.704. The van der Waals surface area contributed by atoms with Gasteiger partial charge in [-0.3, -0.25) is 9.78 Å². The van der Waals surface area contributed by atoms with Gasteiger partial charge in [-0.05, 0) is 37.5 Å². The molecule has 0 amide bonds. The minimum atomic E-state index is -0.0423. The van der Waals surface area contributed by atoms with E-state index in [9.17, 15) is 4.79 Å². The van der Waals surface area contributed by atoms with Gasteiger partial charge in [0.05, 0.1) is 5.69 Å². The summed E-state index contributed by atoms with van der Waals surface area (Å²) in [6.45, 7) is 3.85. The quantitative estimate of drug-likeness (QED) is 0.948. The number of nitrogens with zero attached hydrogens (tertiary/aromatic N) is 2.